The zero-order valence-corrected chi connectivity index (χ0v) is 15.8. The van der Waals surface area contributed by atoms with Gasteiger partial charge < -0.3 is 4.90 Å². The minimum absolute atomic E-state index is 0.327. The van der Waals surface area contributed by atoms with Crippen molar-refractivity contribution in [2.24, 2.45) is 4.99 Å². The molecule has 0 unspecified atom stereocenters. The number of pyridine rings is 1. The number of fused-ring (bicyclic) bond motifs is 1. The van der Waals surface area contributed by atoms with Crippen LogP contribution >= 0.6 is 11.3 Å². The van der Waals surface area contributed by atoms with Crippen LogP contribution < -0.4 is 4.90 Å². The molecule has 1 aliphatic heterocycles. The van der Waals surface area contributed by atoms with E-state index in [0.29, 0.717) is 18.1 Å². The van der Waals surface area contributed by atoms with Gasteiger partial charge in [-0.05, 0) is 29.8 Å². The lowest BCUT2D eigenvalue weighted by molar-refractivity contribution is 0.602. The Labute approximate surface area is 156 Å². The van der Waals surface area contributed by atoms with Crippen molar-refractivity contribution in [1.29, 1.82) is 0 Å². The number of thiophene rings is 1. The molecule has 0 N–H and O–H groups in total. The maximum absolute atomic E-state index is 11.9. The molecule has 7 heteroatoms. The lowest BCUT2D eigenvalue weighted by Gasteiger charge is -2.24. The Morgan fingerprint density at radius 1 is 1.19 bits per heavy atom. The number of hydrogen-bond donors (Lipinski definition) is 0. The molecule has 0 radical (unpaired) electrons. The van der Waals surface area contributed by atoms with Gasteiger partial charge in [0.1, 0.15) is 11.7 Å². The normalized spacial score (nSPS) is 13.7. The average molecular weight is 383 g/mol. The van der Waals surface area contributed by atoms with Crippen LogP contribution in [0.25, 0.3) is 11.1 Å². The third-order valence-electron chi connectivity index (χ3n) is 4.22. The Balaban J connectivity index is 1.71. The maximum Gasteiger partial charge on any atom is 0.175 e. The average Bonchev–Trinajstić information content (AvgIpc) is 3.07. The molecule has 4 rings (SSSR count). The predicted octanol–water partition coefficient (Wildman–Crippen LogP) is 3.61. The van der Waals surface area contributed by atoms with E-state index in [1.165, 1.54) is 6.26 Å². The number of anilines is 1. The third-order valence-corrected chi connectivity index (χ3v) is 6.39. The predicted molar refractivity (Wildman–Crippen MR) is 106 cm³/mol. The van der Waals surface area contributed by atoms with Gasteiger partial charge in [0.05, 0.1) is 17.1 Å². The molecular weight excluding hydrogens is 366 g/mol. The van der Waals surface area contributed by atoms with E-state index in [0.717, 1.165) is 27.4 Å². The Bertz CT molecular complexity index is 1070. The van der Waals surface area contributed by atoms with Gasteiger partial charge in [0.15, 0.2) is 9.84 Å². The lowest BCUT2D eigenvalue weighted by atomic mass is 10.0. The molecular formula is C19H17N3O2S2. The van der Waals surface area contributed by atoms with E-state index in [1.54, 1.807) is 35.7 Å². The van der Waals surface area contributed by atoms with Crippen molar-refractivity contribution >= 4 is 32.4 Å². The van der Waals surface area contributed by atoms with E-state index in [-0.39, 0.29) is 0 Å². The standard InChI is InChI=1S/C19H17N3O2S2/c1-26(23,24)16-7-4-5-14(9-16)18-12-25-19-17(18)10-20-13-22(19)11-15-6-2-3-8-21-15/h2-10,12H,11,13H2,1H3. The fourth-order valence-corrected chi connectivity index (χ4v) is 4.67. The van der Waals surface area contributed by atoms with Crippen molar-refractivity contribution in [2.45, 2.75) is 11.4 Å². The summed E-state index contributed by atoms with van der Waals surface area (Å²) in [7, 11) is -3.24. The van der Waals surface area contributed by atoms with Crippen LogP contribution in [-0.2, 0) is 16.4 Å². The smallest absolute Gasteiger partial charge is 0.175 e. The number of aromatic nitrogens is 1. The summed E-state index contributed by atoms with van der Waals surface area (Å²) in [4.78, 5) is 11.4. The first-order valence-electron chi connectivity index (χ1n) is 8.09. The van der Waals surface area contributed by atoms with E-state index in [1.807, 2.05) is 30.5 Å². The minimum atomic E-state index is -3.24. The van der Waals surface area contributed by atoms with Crippen LogP contribution in [0.15, 0.2) is 63.9 Å². The van der Waals surface area contributed by atoms with Gasteiger partial charge >= 0.3 is 0 Å². The molecule has 0 amide bonds. The first-order chi connectivity index (χ1) is 12.5. The van der Waals surface area contributed by atoms with Crippen molar-refractivity contribution in [1.82, 2.24) is 4.98 Å². The second kappa shape index (κ2) is 6.66. The highest BCUT2D eigenvalue weighted by molar-refractivity contribution is 7.90. The van der Waals surface area contributed by atoms with Gasteiger partial charge in [-0.15, -0.1) is 11.3 Å². The summed E-state index contributed by atoms with van der Waals surface area (Å²) in [5.41, 5.74) is 3.91. The molecule has 0 spiro atoms. The number of hydrogen-bond acceptors (Lipinski definition) is 6. The quantitative estimate of drug-likeness (QED) is 0.690. The lowest BCUT2D eigenvalue weighted by Crippen LogP contribution is -2.25. The topological polar surface area (TPSA) is 62.6 Å². The van der Waals surface area contributed by atoms with Gasteiger partial charge in [-0.2, -0.15) is 0 Å². The Hall–Kier alpha value is -2.51. The van der Waals surface area contributed by atoms with Crippen LogP contribution in [0.2, 0.25) is 0 Å². The zero-order valence-electron chi connectivity index (χ0n) is 14.2. The molecule has 0 fully saturated rings. The summed E-state index contributed by atoms with van der Waals surface area (Å²) in [5.74, 6) is 0. The Morgan fingerprint density at radius 2 is 2.08 bits per heavy atom. The summed E-state index contributed by atoms with van der Waals surface area (Å²) >= 11 is 1.64. The van der Waals surface area contributed by atoms with Crippen LogP contribution in [0.1, 0.15) is 11.3 Å². The van der Waals surface area contributed by atoms with Gasteiger partial charge in [-0.1, -0.05) is 18.2 Å². The highest BCUT2D eigenvalue weighted by Gasteiger charge is 2.21. The molecule has 3 heterocycles. The number of benzene rings is 1. The molecule has 0 bridgehead atoms. The van der Waals surface area contributed by atoms with Crippen molar-refractivity contribution < 1.29 is 8.42 Å². The molecule has 5 nitrogen and oxygen atoms in total. The number of nitrogens with zero attached hydrogens (tertiary/aromatic N) is 3. The molecule has 1 aliphatic rings. The SMILES string of the molecule is CS(=O)(=O)c1cccc(-c2csc3c2C=NCN3Cc2ccccn2)c1. The molecule has 0 saturated heterocycles. The molecule has 1 aromatic carbocycles. The fraction of sp³-hybridized carbons (Fsp3) is 0.158. The van der Waals surface area contributed by atoms with E-state index in [9.17, 15) is 8.42 Å². The number of rotatable bonds is 4. The molecule has 26 heavy (non-hydrogen) atoms. The second-order valence-electron chi connectivity index (χ2n) is 6.14. The first kappa shape index (κ1) is 16.9. The third kappa shape index (κ3) is 3.27. The summed E-state index contributed by atoms with van der Waals surface area (Å²) in [6, 6.07) is 12.9. The monoisotopic (exact) mass is 383 g/mol. The molecule has 0 saturated carbocycles. The van der Waals surface area contributed by atoms with Crippen LogP contribution in [0, 0.1) is 0 Å². The fourth-order valence-electron chi connectivity index (χ4n) is 2.95. The highest BCUT2D eigenvalue weighted by atomic mass is 32.2. The van der Waals surface area contributed by atoms with E-state index < -0.39 is 9.84 Å². The summed E-state index contributed by atoms with van der Waals surface area (Å²) in [5, 5.41) is 3.19. The molecule has 3 aromatic rings. The highest BCUT2D eigenvalue weighted by Crippen LogP contribution is 2.39. The first-order valence-corrected chi connectivity index (χ1v) is 10.9. The van der Waals surface area contributed by atoms with Crippen molar-refractivity contribution in [3.05, 3.63) is 65.3 Å². The van der Waals surface area contributed by atoms with Gasteiger partial charge in [0.25, 0.3) is 0 Å². The molecule has 0 atom stereocenters. The minimum Gasteiger partial charge on any atom is -0.338 e. The largest absolute Gasteiger partial charge is 0.338 e. The number of aliphatic imine (C=N–C) groups is 1. The second-order valence-corrected chi connectivity index (χ2v) is 9.01. The summed E-state index contributed by atoms with van der Waals surface area (Å²) in [6.07, 6.45) is 4.90. The van der Waals surface area contributed by atoms with E-state index in [2.05, 4.69) is 20.3 Å². The van der Waals surface area contributed by atoms with Crippen LogP contribution in [0.5, 0.6) is 0 Å². The summed E-state index contributed by atoms with van der Waals surface area (Å²) < 4.78 is 23.7. The van der Waals surface area contributed by atoms with E-state index in [4.69, 9.17) is 0 Å². The van der Waals surface area contributed by atoms with Crippen LogP contribution in [0.4, 0.5) is 5.00 Å². The summed E-state index contributed by atoms with van der Waals surface area (Å²) in [6.45, 7) is 1.28. The molecule has 2 aromatic heterocycles. The van der Waals surface area contributed by atoms with Crippen LogP contribution in [0.3, 0.4) is 0 Å². The van der Waals surface area contributed by atoms with Gasteiger partial charge in [0.2, 0.25) is 0 Å². The Morgan fingerprint density at radius 3 is 2.85 bits per heavy atom. The Kier molecular flexibility index (Phi) is 4.34. The van der Waals surface area contributed by atoms with Crippen LogP contribution in [-0.4, -0.2) is 32.5 Å². The van der Waals surface area contributed by atoms with Crippen molar-refractivity contribution in [3.63, 3.8) is 0 Å². The van der Waals surface area contributed by atoms with Gasteiger partial charge in [0, 0.05) is 35.2 Å². The zero-order chi connectivity index (χ0) is 18.1. The number of sulfone groups is 1. The van der Waals surface area contributed by atoms with Crippen molar-refractivity contribution in [3.8, 4) is 11.1 Å². The molecule has 0 aliphatic carbocycles. The maximum atomic E-state index is 11.9. The van der Waals surface area contributed by atoms with E-state index >= 15 is 0 Å². The van der Waals surface area contributed by atoms with Gasteiger partial charge in [-0.25, -0.2) is 8.42 Å². The van der Waals surface area contributed by atoms with Crippen molar-refractivity contribution in [2.75, 3.05) is 17.8 Å². The molecule has 132 valence electrons. The van der Waals surface area contributed by atoms with Gasteiger partial charge in [-0.3, -0.25) is 9.98 Å².